The number of benzene rings is 2. The van der Waals surface area contributed by atoms with Crippen LogP contribution in [0.4, 0.5) is 5.69 Å². The summed E-state index contributed by atoms with van der Waals surface area (Å²) in [7, 11) is 0. The molecule has 2 aromatic rings. The van der Waals surface area contributed by atoms with Crippen molar-refractivity contribution in [1.82, 2.24) is 0 Å². The molecule has 0 saturated heterocycles. The minimum Gasteiger partial charge on any atom is -0.322 e. The van der Waals surface area contributed by atoms with Crippen molar-refractivity contribution in [2.45, 2.75) is 4.90 Å². The molecule has 0 atom stereocenters. The molecule has 2 nitrogen and oxygen atoms in total. The van der Waals surface area contributed by atoms with Gasteiger partial charge in [-0.3, -0.25) is 4.79 Å². The maximum atomic E-state index is 12.3. The van der Waals surface area contributed by atoms with Gasteiger partial charge in [0.15, 0.2) is 0 Å². The van der Waals surface area contributed by atoms with Crippen molar-refractivity contribution in [2.24, 2.45) is 0 Å². The van der Waals surface area contributed by atoms with E-state index < -0.39 is 0 Å². The molecular weight excluding hydrogens is 334 g/mol. The lowest BCUT2D eigenvalue weighted by Crippen LogP contribution is -2.12. The van der Waals surface area contributed by atoms with E-state index in [4.69, 9.17) is 0 Å². The summed E-state index contributed by atoms with van der Waals surface area (Å²) in [5, 5.41) is 2.91. The minimum atomic E-state index is -0.102. The third-order valence-corrected chi connectivity index (χ3v) is 4.13. The van der Waals surface area contributed by atoms with Crippen LogP contribution in [0, 0.1) is 0 Å². The number of amides is 1. The Hall–Kier alpha value is -1.52. The first-order valence-corrected chi connectivity index (χ1v) is 7.88. The fourth-order valence-corrected chi connectivity index (χ4v) is 2.88. The van der Waals surface area contributed by atoms with E-state index in [-0.39, 0.29) is 5.91 Å². The Labute approximate surface area is 131 Å². The van der Waals surface area contributed by atoms with Gasteiger partial charge in [-0.25, -0.2) is 0 Å². The lowest BCUT2D eigenvalue weighted by atomic mass is 10.2. The van der Waals surface area contributed by atoms with E-state index in [9.17, 15) is 4.79 Å². The molecule has 0 aliphatic carbocycles. The Morgan fingerprint density at radius 3 is 2.80 bits per heavy atom. The number of carbonyl (C=O) groups excluding carboxylic acids is 1. The second-order valence-electron chi connectivity index (χ2n) is 4.06. The Kier molecular flexibility index (Phi) is 5.44. The van der Waals surface area contributed by atoms with Gasteiger partial charge in [-0.05, 0) is 30.3 Å². The van der Waals surface area contributed by atoms with Crippen molar-refractivity contribution in [3.05, 3.63) is 71.2 Å². The van der Waals surface area contributed by atoms with E-state index in [1.165, 1.54) is 0 Å². The highest BCUT2D eigenvalue weighted by Crippen LogP contribution is 2.24. The first-order valence-electron chi connectivity index (χ1n) is 6.10. The van der Waals surface area contributed by atoms with Crippen LogP contribution in [0.15, 0.2) is 70.6 Å². The zero-order chi connectivity index (χ0) is 14.4. The molecule has 0 spiro atoms. The molecule has 0 aliphatic heterocycles. The quantitative estimate of drug-likeness (QED) is 0.610. The number of rotatable bonds is 5. The van der Waals surface area contributed by atoms with E-state index in [0.29, 0.717) is 5.56 Å². The zero-order valence-corrected chi connectivity index (χ0v) is 13.2. The Morgan fingerprint density at radius 2 is 2.05 bits per heavy atom. The van der Waals surface area contributed by atoms with Crippen molar-refractivity contribution >= 4 is 39.3 Å². The van der Waals surface area contributed by atoms with Gasteiger partial charge >= 0.3 is 0 Å². The molecule has 2 rings (SSSR count). The second kappa shape index (κ2) is 7.31. The maximum absolute atomic E-state index is 12.3. The molecule has 20 heavy (non-hydrogen) atoms. The third-order valence-electron chi connectivity index (χ3n) is 2.57. The highest BCUT2D eigenvalue weighted by atomic mass is 79.9. The van der Waals surface area contributed by atoms with Crippen LogP contribution in [0.2, 0.25) is 0 Å². The average molecular weight is 348 g/mol. The van der Waals surface area contributed by atoms with Crippen LogP contribution in [0.5, 0.6) is 0 Å². The van der Waals surface area contributed by atoms with Crippen LogP contribution >= 0.6 is 27.7 Å². The molecule has 0 aromatic heterocycles. The predicted octanol–water partition coefficient (Wildman–Crippen LogP) is 4.98. The van der Waals surface area contributed by atoms with E-state index in [2.05, 4.69) is 27.8 Å². The van der Waals surface area contributed by atoms with Crippen molar-refractivity contribution in [3.8, 4) is 0 Å². The second-order valence-corrected chi connectivity index (χ2v) is 6.04. The van der Waals surface area contributed by atoms with Crippen molar-refractivity contribution < 1.29 is 4.79 Å². The summed E-state index contributed by atoms with van der Waals surface area (Å²) in [6.45, 7) is 3.70. The third kappa shape index (κ3) is 3.99. The molecule has 1 N–H and O–H groups in total. The summed E-state index contributed by atoms with van der Waals surface area (Å²) in [5.41, 5.74) is 1.45. The van der Waals surface area contributed by atoms with Gasteiger partial charge in [-0.1, -0.05) is 40.2 Å². The smallest absolute Gasteiger partial charge is 0.256 e. The van der Waals surface area contributed by atoms with E-state index in [1.807, 2.05) is 54.6 Å². The predicted molar refractivity (Wildman–Crippen MR) is 89.5 cm³/mol. The molecule has 0 aliphatic rings. The summed E-state index contributed by atoms with van der Waals surface area (Å²) in [6.07, 6.45) is 1.83. The molecule has 0 radical (unpaired) electrons. The topological polar surface area (TPSA) is 29.1 Å². The number of nitrogens with one attached hydrogen (secondary N) is 1. The summed E-state index contributed by atoms with van der Waals surface area (Å²) in [5.74, 6) is 0.677. The highest BCUT2D eigenvalue weighted by molar-refractivity contribution is 9.10. The van der Waals surface area contributed by atoms with Gasteiger partial charge in [-0.2, -0.15) is 0 Å². The molecule has 1 amide bonds. The highest BCUT2D eigenvalue weighted by Gasteiger charge is 2.11. The molecule has 0 fully saturated rings. The summed E-state index contributed by atoms with van der Waals surface area (Å²) in [4.78, 5) is 13.3. The van der Waals surface area contributed by atoms with Gasteiger partial charge in [0.1, 0.15) is 0 Å². The average Bonchev–Trinajstić information content (AvgIpc) is 2.45. The van der Waals surface area contributed by atoms with Crippen LogP contribution in [-0.4, -0.2) is 11.7 Å². The number of carbonyl (C=O) groups is 1. The largest absolute Gasteiger partial charge is 0.322 e. The van der Waals surface area contributed by atoms with Gasteiger partial charge in [0.05, 0.1) is 5.56 Å². The van der Waals surface area contributed by atoms with Crippen molar-refractivity contribution in [3.63, 3.8) is 0 Å². The Balaban J connectivity index is 2.18. The number of thioether (sulfide) groups is 1. The van der Waals surface area contributed by atoms with Gasteiger partial charge in [0.2, 0.25) is 0 Å². The Bertz CT molecular complexity index is 627. The van der Waals surface area contributed by atoms with Crippen LogP contribution < -0.4 is 5.32 Å². The van der Waals surface area contributed by atoms with Crippen molar-refractivity contribution in [2.75, 3.05) is 11.1 Å². The van der Waals surface area contributed by atoms with Gasteiger partial charge in [-0.15, -0.1) is 18.3 Å². The Morgan fingerprint density at radius 1 is 1.25 bits per heavy atom. The number of anilines is 1. The first-order chi connectivity index (χ1) is 9.70. The lowest BCUT2D eigenvalue weighted by molar-refractivity contribution is 0.102. The van der Waals surface area contributed by atoms with Crippen LogP contribution in [0.1, 0.15) is 10.4 Å². The molecular formula is C16H14BrNOS. The molecule has 0 saturated carbocycles. The monoisotopic (exact) mass is 347 g/mol. The van der Waals surface area contributed by atoms with Gasteiger partial charge in [0.25, 0.3) is 5.91 Å². The molecule has 0 unspecified atom stereocenters. The van der Waals surface area contributed by atoms with Crippen LogP contribution in [0.25, 0.3) is 0 Å². The molecule has 102 valence electrons. The standard InChI is InChI=1S/C16H14BrNOS/c1-2-10-20-15-9-4-3-8-14(15)16(19)18-13-7-5-6-12(17)11-13/h2-9,11H,1,10H2,(H,18,19). The van der Waals surface area contributed by atoms with Gasteiger partial charge in [0, 0.05) is 20.8 Å². The molecule has 0 bridgehead atoms. The number of hydrogen-bond acceptors (Lipinski definition) is 2. The zero-order valence-electron chi connectivity index (χ0n) is 10.8. The normalized spacial score (nSPS) is 10.1. The minimum absolute atomic E-state index is 0.102. The summed E-state index contributed by atoms with van der Waals surface area (Å²) < 4.78 is 0.935. The molecule has 0 heterocycles. The van der Waals surface area contributed by atoms with Gasteiger partial charge < -0.3 is 5.32 Å². The van der Waals surface area contributed by atoms with E-state index in [1.54, 1.807) is 11.8 Å². The van der Waals surface area contributed by atoms with E-state index >= 15 is 0 Å². The van der Waals surface area contributed by atoms with Crippen molar-refractivity contribution in [1.29, 1.82) is 0 Å². The molecule has 4 heteroatoms. The maximum Gasteiger partial charge on any atom is 0.256 e. The number of halogens is 1. The molecule has 2 aromatic carbocycles. The number of hydrogen-bond donors (Lipinski definition) is 1. The van der Waals surface area contributed by atoms with E-state index in [0.717, 1.165) is 20.8 Å². The SMILES string of the molecule is C=CCSc1ccccc1C(=O)Nc1cccc(Br)c1. The van der Waals surface area contributed by atoms with Crippen LogP contribution in [-0.2, 0) is 0 Å². The fraction of sp³-hybridized carbons (Fsp3) is 0.0625. The fourth-order valence-electron chi connectivity index (χ4n) is 1.69. The first kappa shape index (κ1) is 14.9. The summed E-state index contributed by atoms with van der Waals surface area (Å²) >= 11 is 4.99. The van der Waals surface area contributed by atoms with Crippen LogP contribution in [0.3, 0.4) is 0 Å². The lowest BCUT2D eigenvalue weighted by Gasteiger charge is -2.09. The summed E-state index contributed by atoms with van der Waals surface area (Å²) in [6, 6.07) is 15.1.